The predicted octanol–water partition coefficient (Wildman–Crippen LogP) is 8.25. The van der Waals surface area contributed by atoms with Crippen LogP contribution in [0.4, 0.5) is 52.7 Å². The van der Waals surface area contributed by atoms with Crippen molar-refractivity contribution in [1.82, 2.24) is 19.4 Å². The van der Waals surface area contributed by atoms with E-state index in [1.54, 1.807) is 30.3 Å². The van der Waals surface area contributed by atoms with Gasteiger partial charge in [0.2, 0.25) is 10.0 Å². The minimum Gasteiger partial charge on any atom is -0.336 e. The highest BCUT2D eigenvalue weighted by atomic mass is 35.7. The van der Waals surface area contributed by atoms with E-state index in [0.29, 0.717) is 5.56 Å². The highest BCUT2D eigenvalue weighted by molar-refractivity contribution is 8.13. The molecule has 63 heavy (non-hydrogen) atoms. The van der Waals surface area contributed by atoms with Crippen molar-refractivity contribution in [2.45, 2.75) is 34.5 Å². The summed E-state index contributed by atoms with van der Waals surface area (Å²) in [5.74, 6) is -0.205. The molecule has 344 valence electrons. The lowest BCUT2D eigenvalue weighted by atomic mass is 10.1. The number of sulfonamides is 1. The Morgan fingerprint density at radius 1 is 0.476 bits per heavy atom. The summed E-state index contributed by atoms with van der Waals surface area (Å²) in [6.07, 6.45) is -20.5. The van der Waals surface area contributed by atoms with Gasteiger partial charge in [0.1, 0.15) is 0 Å². The van der Waals surface area contributed by atoms with Crippen molar-refractivity contribution in [2.24, 2.45) is 0 Å². The molecule has 2 fully saturated rings. The summed E-state index contributed by atoms with van der Waals surface area (Å²) in [4.78, 5) is 25.2. The van der Waals surface area contributed by atoms with Crippen LogP contribution in [0.2, 0.25) is 0 Å². The van der Waals surface area contributed by atoms with Gasteiger partial charge in [-0.2, -0.15) is 57.0 Å². The summed E-state index contributed by atoms with van der Waals surface area (Å²) in [6.45, 7) is 2.78. The van der Waals surface area contributed by atoms with Crippen LogP contribution in [-0.4, -0.2) is 95.1 Å². The first kappa shape index (κ1) is 50.7. The maximum absolute atomic E-state index is 13.0. The fraction of sp³-hybridized carbons (Fsp3) is 0.316. The fourth-order valence-electron chi connectivity index (χ4n) is 5.82. The molecule has 2 aliphatic rings. The number of hydrogen-bond donors (Lipinski definition) is 1. The number of amides is 2. The van der Waals surface area contributed by atoms with Gasteiger partial charge in [-0.05, 0) is 60.7 Å². The molecule has 0 spiro atoms. The summed E-state index contributed by atoms with van der Waals surface area (Å²) >= 11 is 0. The number of piperazine rings is 2. The van der Waals surface area contributed by atoms with E-state index in [2.05, 4.69) is 5.32 Å². The van der Waals surface area contributed by atoms with Crippen LogP contribution < -0.4 is 5.32 Å². The largest absolute Gasteiger partial charge is 0.416 e. The number of halogens is 13. The molecular formula is C38H33ClF12N4O6S2. The van der Waals surface area contributed by atoms with Gasteiger partial charge in [-0.15, -0.1) is 0 Å². The van der Waals surface area contributed by atoms with Crippen molar-refractivity contribution < 1.29 is 79.1 Å². The molecule has 25 heteroatoms. The average molecular weight is 969 g/mol. The zero-order chi connectivity index (χ0) is 47.2. The van der Waals surface area contributed by atoms with E-state index < -0.39 is 75.8 Å². The van der Waals surface area contributed by atoms with Gasteiger partial charge in [0, 0.05) is 74.2 Å². The predicted molar refractivity (Wildman–Crippen MR) is 202 cm³/mol. The van der Waals surface area contributed by atoms with Crippen molar-refractivity contribution in [3.63, 3.8) is 0 Å². The molecule has 0 aromatic heterocycles. The number of hydrogen-bond acceptors (Lipinski definition) is 7. The second-order valence-electron chi connectivity index (χ2n) is 13.4. The van der Waals surface area contributed by atoms with Crippen LogP contribution in [0.3, 0.4) is 0 Å². The Morgan fingerprint density at radius 3 is 1.11 bits per heavy atom. The fourth-order valence-corrected chi connectivity index (χ4v) is 8.11. The number of carbonyl (C=O) groups excluding carboxylic acids is 2. The Bertz CT molecular complexity index is 2380. The summed E-state index contributed by atoms with van der Waals surface area (Å²) in [7, 11) is -4.60. The standard InChI is InChI=1S/C19H16F6N2O3S.C11H14N2O.C8H3ClF6O2S/c20-18(21,22)14-10-15(19(23,24)25)12-16(11-14)31(29,30)27-8-6-26(7-9-27)17(28)13-4-2-1-3-5-13;14-11(10-4-2-1-3-5-10)13-8-6-12-7-9-13;9-18(16,17)6-2-4(7(10,11)12)1-5(3-6)8(13,14)15/h1-5,10-12H,6-9H2;1-5,12H,6-9H2;1-3H. The number of alkyl halides is 12. The SMILES string of the molecule is O=C(c1ccccc1)N1CCN(S(=O)(=O)c2cc(C(F)(F)F)cc(C(F)(F)F)c2)CC1.O=C(c1ccccc1)N1CCNCC1.O=S(=O)(Cl)c1cc(C(F)(F)F)cc(C(F)(F)F)c1. The van der Waals surface area contributed by atoms with Crippen LogP contribution in [0.5, 0.6) is 0 Å². The highest BCUT2D eigenvalue weighted by Gasteiger charge is 2.41. The normalized spacial score (nSPS) is 15.7. The molecule has 2 aliphatic heterocycles. The van der Waals surface area contributed by atoms with E-state index in [1.165, 1.54) is 4.90 Å². The van der Waals surface area contributed by atoms with Gasteiger partial charge in [-0.25, -0.2) is 16.8 Å². The van der Waals surface area contributed by atoms with Crippen LogP contribution >= 0.6 is 10.7 Å². The molecule has 0 bridgehead atoms. The van der Waals surface area contributed by atoms with Gasteiger partial charge in [-0.1, -0.05) is 36.4 Å². The van der Waals surface area contributed by atoms with Crippen molar-refractivity contribution in [1.29, 1.82) is 0 Å². The van der Waals surface area contributed by atoms with E-state index in [0.717, 1.165) is 36.0 Å². The number of benzene rings is 4. The maximum atomic E-state index is 13.0. The van der Waals surface area contributed by atoms with Crippen molar-refractivity contribution in [3.05, 3.63) is 130 Å². The monoisotopic (exact) mass is 968 g/mol. The Morgan fingerprint density at radius 2 is 0.794 bits per heavy atom. The Kier molecular flexibility index (Phi) is 16.0. The molecule has 0 aliphatic carbocycles. The topological polar surface area (TPSA) is 124 Å². The molecule has 4 aromatic carbocycles. The minimum atomic E-state index is -5.16. The molecule has 2 heterocycles. The molecule has 10 nitrogen and oxygen atoms in total. The molecular weight excluding hydrogens is 936 g/mol. The van der Waals surface area contributed by atoms with Crippen LogP contribution in [0.25, 0.3) is 0 Å². The second-order valence-corrected chi connectivity index (χ2v) is 17.9. The van der Waals surface area contributed by atoms with Gasteiger partial charge in [0.05, 0.1) is 32.0 Å². The third kappa shape index (κ3) is 14.0. The van der Waals surface area contributed by atoms with E-state index in [-0.39, 0.29) is 74.4 Å². The van der Waals surface area contributed by atoms with E-state index in [9.17, 15) is 79.1 Å². The average Bonchev–Trinajstić information content (AvgIpc) is 3.22. The first-order chi connectivity index (χ1) is 29.0. The quantitative estimate of drug-likeness (QED) is 0.158. The van der Waals surface area contributed by atoms with Gasteiger partial charge in [-0.3, -0.25) is 9.59 Å². The Balaban J connectivity index is 0.000000229. The van der Waals surface area contributed by atoms with Gasteiger partial charge < -0.3 is 15.1 Å². The molecule has 1 N–H and O–H groups in total. The smallest absolute Gasteiger partial charge is 0.336 e. The van der Waals surface area contributed by atoms with Gasteiger partial charge in [0.15, 0.2) is 0 Å². The van der Waals surface area contributed by atoms with Crippen molar-refractivity contribution in [3.8, 4) is 0 Å². The zero-order valence-electron chi connectivity index (χ0n) is 31.9. The summed E-state index contributed by atoms with van der Waals surface area (Å²) in [5, 5.41) is 3.23. The summed E-state index contributed by atoms with van der Waals surface area (Å²) in [6, 6.07) is 17.8. The molecule has 6 rings (SSSR count). The molecule has 0 radical (unpaired) electrons. The van der Waals surface area contributed by atoms with Crippen LogP contribution in [-0.2, 0) is 43.8 Å². The number of carbonyl (C=O) groups is 2. The van der Waals surface area contributed by atoms with Gasteiger partial charge in [0.25, 0.3) is 20.9 Å². The first-order valence-electron chi connectivity index (χ1n) is 17.9. The molecule has 4 aromatic rings. The van der Waals surface area contributed by atoms with Crippen LogP contribution in [0, 0.1) is 0 Å². The summed E-state index contributed by atoms with van der Waals surface area (Å²) in [5.41, 5.74) is -5.73. The lowest BCUT2D eigenvalue weighted by Gasteiger charge is -2.34. The molecule has 2 amide bonds. The highest BCUT2D eigenvalue weighted by Crippen LogP contribution is 2.39. The number of nitrogens with zero attached hydrogens (tertiary/aromatic N) is 3. The van der Waals surface area contributed by atoms with Gasteiger partial charge >= 0.3 is 24.7 Å². The molecule has 0 atom stereocenters. The van der Waals surface area contributed by atoms with Crippen molar-refractivity contribution in [2.75, 3.05) is 52.4 Å². The molecule has 0 unspecified atom stereocenters. The van der Waals surface area contributed by atoms with E-state index >= 15 is 0 Å². The third-order valence-electron chi connectivity index (χ3n) is 9.01. The first-order valence-corrected chi connectivity index (χ1v) is 21.7. The Hall–Kier alpha value is -4.91. The minimum absolute atomic E-state index is 0.0393. The lowest BCUT2D eigenvalue weighted by Crippen LogP contribution is -2.50. The lowest BCUT2D eigenvalue weighted by molar-refractivity contribution is -0.145. The Labute approximate surface area is 356 Å². The van der Waals surface area contributed by atoms with Crippen LogP contribution in [0.15, 0.2) is 107 Å². The van der Waals surface area contributed by atoms with Crippen LogP contribution in [0.1, 0.15) is 43.0 Å². The molecule has 2 saturated heterocycles. The molecule has 0 saturated carbocycles. The second kappa shape index (κ2) is 19.9. The zero-order valence-corrected chi connectivity index (χ0v) is 34.3. The van der Waals surface area contributed by atoms with E-state index in [4.69, 9.17) is 10.7 Å². The van der Waals surface area contributed by atoms with E-state index in [1.807, 2.05) is 35.2 Å². The number of nitrogens with one attached hydrogen (secondary N) is 1. The third-order valence-corrected chi connectivity index (χ3v) is 12.2. The maximum Gasteiger partial charge on any atom is 0.416 e. The van der Waals surface area contributed by atoms with Crippen molar-refractivity contribution >= 4 is 41.6 Å². The number of rotatable bonds is 5. The summed E-state index contributed by atoms with van der Waals surface area (Å²) < 4.78 is 200.